The Labute approximate surface area is 298 Å². The van der Waals surface area contributed by atoms with Crippen LogP contribution in [0.15, 0.2) is 60.7 Å². The Kier molecular flexibility index (Phi) is 13.8. The lowest BCUT2D eigenvalue weighted by Gasteiger charge is -2.26. The van der Waals surface area contributed by atoms with Crippen LogP contribution in [0.1, 0.15) is 74.2 Å². The minimum absolute atomic E-state index is 0.0340. The van der Waals surface area contributed by atoms with Gasteiger partial charge in [0.25, 0.3) is 0 Å². The number of benzene rings is 2. The van der Waals surface area contributed by atoms with Gasteiger partial charge in [0, 0.05) is 32.9 Å². The van der Waals surface area contributed by atoms with Crippen molar-refractivity contribution in [3.8, 4) is 11.5 Å². The maximum Gasteiger partial charge on any atom is 0.342 e. The Morgan fingerprint density at radius 1 is 1.02 bits per heavy atom. The molecule has 51 heavy (non-hydrogen) atoms. The minimum atomic E-state index is -0.976. The van der Waals surface area contributed by atoms with E-state index in [4.69, 9.17) is 37.9 Å². The summed E-state index contributed by atoms with van der Waals surface area (Å²) in [5.41, 5.74) is 0.940. The molecule has 0 radical (unpaired) electrons. The smallest absolute Gasteiger partial charge is 0.342 e. The van der Waals surface area contributed by atoms with E-state index in [9.17, 15) is 19.2 Å². The number of methoxy groups -OCH3 is 1. The first kappa shape index (κ1) is 39.1. The van der Waals surface area contributed by atoms with Gasteiger partial charge in [-0.2, -0.15) is 0 Å². The van der Waals surface area contributed by atoms with E-state index in [-0.39, 0.29) is 48.8 Å². The van der Waals surface area contributed by atoms with Crippen molar-refractivity contribution in [2.75, 3.05) is 27.1 Å². The van der Waals surface area contributed by atoms with Crippen LogP contribution in [0.5, 0.6) is 11.5 Å². The molecular formula is C38H47NO12. The molecule has 0 aliphatic carbocycles. The van der Waals surface area contributed by atoms with Gasteiger partial charge in [0.1, 0.15) is 42.0 Å². The van der Waals surface area contributed by atoms with Gasteiger partial charge in [-0.15, -0.1) is 0 Å². The van der Waals surface area contributed by atoms with E-state index >= 15 is 0 Å². The Bertz CT molecular complexity index is 1590. The number of cyclic esters (lactones) is 1. The van der Waals surface area contributed by atoms with E-state index in [1.54, 1.807) is 63.3 Å². The lowest BCUT2D eigenvalue weighted by atomic mass is 9.98. The predicted octanol–water partition coefficient (Wildman–Crippen LogP) is 5.02. The van der Waals surface area contributed by atoms with Gasteiger partial charge in [0.05, 0.1) is 18.2 Å². The summed E-state index contributed by atoms with van der Waals surface area (Å²) in [5.74, 6) is -2.85. The number of hydrogen-bond donors (Lipinski definition) is 1. The zero-order chi connectivity index (χ0) is 37.1. The lowest BCUT2D eigenvalue weighted by Crippen LogP contribution is -2.37. The molecule has 2 heterocycles. The van der Waals surface area contributed by atoms with E-state index < -0.39 is 54.2 Å². The second-order valence-corrected chi connectivity index (χ2v) is 12.8. The summed E-state index contributed by atoms with van der Waals surface area (Å²) in [6.45, 7) is 9.60. The van der Waals surface area contributed by atoms with E-state index in [2.05, 4.69) is 5.32 Å². The van der Waals surface area contributed by atoms with Gasteiger partial charge in [-0.05, 0) is 57.0 Å². The number of amides is 1. The number of fused-ring (bicyclic) bond motifs is 2. The summed E-state index contributed by atoms with van der Waals surface area (Å²) in [4.78, 5) is 50.3. The van der Waals surface area contributed by atoms with Crippen LogP contribution in [0.3, 0.4) is 0 Å². The van der Waals surface area contributed by atoms with Crippen LogP contribution in [0.25, 0.3) is 6.08 Å². The fraction of sp³-hybridized carbons (Fsp3) is 0.474. The van der Waals surface area contributed by atoms with E-state index in [0.29, 0.717) is 17.5 Å². The van der Waals surface area contributed by atoms with Crippen LogP contribution in [0.2, 0.25) is 0 Å². The molecule has 1 N–H and O–H groups in total. The summed E-state index contributed by atoms with van der Waals surface area (Å²) in [7, 11) is 1.45. The van der Waals surface area contributed by atoms with Gasteiger partial charge >= 0.3 is 17.9 Å². The molecule has 2 aromatic carbocycles. The molecule has 2 aliphatic rings. The SMILES string of the molecule is COCOc1cc(OCC(CNC(C)=O)OC(C)=O)cc2c1C(=O)O[C@@H](C)[C@H](C)/C=C\C(OC(=O)c1ccccc1)C1OC(C)(C)OC1CC=C2. The Morgan fingerprint density at radius 3 is 2.45 bits per heavy atom. The summed E-state index contributed by atoms with van der Waals surface area (Å²) in [6, 6.07) is 11.8. The molecule has 13 nitrogen and oxygen atoms in total. The molecule has 4 rings (SSSR count). The van der Waals surface area contributed by atoms with Crippen molar-refractivity contribution in [3.63, 3.8) is 0 Å². The highest BCUT2D eigenvalue weighted by molar-refractivity contribution is 5.97. The highest BCUT2D eigenvalue weighted by Gasteiger charge is 2.45. The summed E-state index contributed by atoms with van der Waals surface area (Å²) in [6.07, 6.45) is 4.00. The third kappa shape index (κ3) is 11.4. The Hall–Kier alpha value is -4.72. The third-order valence-electron chi connectivity index (χ3n) is 8.09. The largest absolute Gasteiger partial charge is 0.489 e. The Morgan fingerprint density at radius 2 is 1.76 bits per heavy atom. The summed E-state index contributed by atoms with van der Waals surface area (Å²) >= 11 is 0. The van der Waals surface area contributed by atoms with Crippen LogP contribution in [-0.4, -0.2) is 87.2 Å². The zero-order valence-electron chi connectivity index (χ0n) is 30.0. The molecule has 2 aromatic rings. The molecule has 1 saturated heterocycles. The normalized spacial score (nSPS) is 24.1. The van der Waals surface area contributed by atoms with Crippen molar-refractivity contribution in [2.45, 2.75) is 84.3 Å². The zero-order valence-corrected chi connectivity index (χ0v) is 30.0. The topological polar surface area (TPSA) is 154 Å². The van der Waals surface area contributed by atoms with Gasteiger partial charge in [0.2, 0.25) is 5.91 Å². The second kappa shape index (κ2) is 18.0. The first-order valence-corrected chi connectivity index (χ1v) is 16.8. The highest BCUT2D eigenvalue weighted by Crippen LogP contribution is 2.36. The quantitative estimate of drug-likeness (QED) is 0.144. The lowest BCUT2D eigenvalue weighted by molar-refractivity contribution is -0.152. The maximum atomic E-state index is 13.8. The maximum absolute atomic E-state index is 13.8. The summed E-state index contributed by atoms with van der Waals surface area (Å²) < 4.78 is 46.9. The minimum Gasteiger partial charge on any atom is -0.489 e. The van der Waals surface area contributed by atoms with Crippen molar-refractivity contribution >= 4 is 29.9 Å². The summed E-state index contributed by atoms with van der Waals surface area (Å²) in [5, 5.41) is 2.62. The van der Waals surface area contributed by atoms with Gasteiger partial charge in [-0.1, -0.05) is 43.4 Å². The van der Waals surface area contributed by atoms with Gasteiger partial charge in [-0.25, -0.2) is 9.59 Å². The fourth-order valence-corrected chi connectivity index (χ4v) is 5.51. The number of ether oxygens (including phenoxy) is 8. The van der Waals surface area contributed by atoms with E-state index in [0.717, 1.165) is 0 Å². The number of carbonyl (C=O) groups excluding carboxylic acids is 4. The molecule has 13 heteroatoms. The molecule has 0 aromatic heterocycles. The molecule has 1 amide bonds. The molecule has 276 valence electrons. The monoisotopic (exact) mass is 709 g/mol. The average molecular weight is 710 g/mol. The number of carbonyl (C=O) groups is 4. The van der Waals surface area contributed by atoms with E-state index in [1.165, 1.54) is 27.0 Å². The first-order chi connectivity index (χ1) is 24.3. The van der Waals surface area contributed by atoms with Crippen molar-refractivity contribution in [1.29, 1.82) is 0 Å². The van der Waals surface area contributed by atoms with E-state index in [1.807, 2.05) is 25.1 Å². The molecule has 4 unspecified atom stereocenters. The van der Waals surface area contributed by atoms with Gasteiger partial charge in [0.15, 0.2) is 18.7 Å². The second-order valence-electron chi connectivity index (χ2n) is 12.8. The number of rotatable bonds is 11. The predicted molar refractivity (Wildman–Crippen MR) is 185 cm³/mol. The average Bonchev–Trinajstić information content (AvgIpc) is 3.39. The fourth-order valence-electron chi connectivity index (χ4n) is 5.51. The molecule has 0 spiro atoms. The third-order valence-corrected chi connectivity index (χ3v) is 8.09. The van der Waals surface area contributed by atoms with Crippen molar-refractivity contribution in [3.05, 3.63) is 77.4 Å². The molecular weight excluding hydrogens is 662 g/mol. The first-order valence-electron chi connectivity index (χ1n) is 16.8. The number of hydrogen-bond acceptors (Lipinski definition) is 12. The van der Waals surface area contributed by atoms with Crippen LogP contribution < -0.4 is 14.8 Å². The number of nitrogens with one attached hydrogen (secondary N) is 1. The highest BCUT2D eigenvalue weighted by atomic mass is 16.8. The van der Waals surface area contributed by atoms with Gasteiger partial charge < -0.3 is 43.2 Å². The molecule has 2 aliphatic heterocycles. The molecule has 6 atom stereocenters. The number of esters is 3. The van der Waals surface area contributed by atoms with Gasteiger partial charge in [-0.3, -0.25) is 9.59 Å². The molecule has 0 saturated carbocycles. The molecule has 0 bridgehead atoms. The van der Waals surface area contributed by atoms with Crippen LogP contribution in [0, 0.1) is 5.92 Å². The van der Waals surface area contributed by atoms with Crippen molar-refractivity contribution in [2.24, 2.45) is 5.92 Å². The molecule has 1 fully saturated rings. The standard InChI is InChI=1S/C38H47NO12/c1-23-16-17-31(49-36(42)27-12-9-8-10-13-27)35-32(50-38(5,6)51-35)15-11-14-28-18-29(45-21-30(48-26(4)41)20-39-25(3)40)19-33(46-22-44-7)34(28)37(43)47-24(23)2/h8-14,16-19,23-24,30-32,35H,15,20-22H2,1-7H3,(H,39,40)/b14-11?,17-16-/t23-,24+,30?,31?,32?,35?/m1/s1. The van der Waals surface area contributed by atoms with Crippen LogP contribution in [0.4, 0.5) is 0 Å². The Balaban J connectivity index is 1.72. The van der Waals surface area contributed by atoms with Crippen molar-refractivity contribution in [1.82, 2.24) is 5.32 Å². The van der Waals surface area contributed by atoms with Crippen LogP contribution >= 0.6 is 0 Å². The van der Waals surface area contributed by atoms with Crippen LogP contribution in [-0.2, 0) is 38.0 Å². The van der Waals surface area contributed by atoms with Crippen molar-refractivity contribution < 1.29 is 57.1 Å².